The van der Waals surface area contributed by atoms with Gasteiger partial charge in [0.1, 0.15) is 6.04 Å². The number of hydrogen-bond donors (Lipinski definition) is 1. The number of thioether (sulfide) groups is 1. The van der Waals surface area contributed by atoms with Crippen LogP contribution >= 0.6 is 23.4 Å². The summed E-state index contributed by atoms with van der Waals surface area (Å²) in [7, 11) is 0. The molecule has 156 valence electrons. The maximum Gasteiger partial charge on any atom is 0.242 e. The van der Waals surface area contributed by atoms with Crippen molar-refractivity contribution in [2.24, 2.45) is 0 Å². The van der Waals surface area contributed by atoms with Crippen LogP contribution < -0.4 is 5.32 Å². The molecule has 0 spiro atoms. The summed E-state index contributed by atoms with van der Waals surface area (Å²) in [6, 6.07) is 16.9. The number of rotatable bonds is 10. The lowest BCUT2D eigenvalue weighted by Gasteiger charge is -2.29. The Kier molecular flexibility index (Phi) is 9.55. The highest BCUT2D eigenvalue weighted by Gasteiger charge is 2.26. The second kappa shape index (κ2) is 11.9. The van der Waals surface area contributed by atoms with Crippen LogP contribution in [0.15, 0.2) is 59.5 Å². The SMILES string of the molecule is CC[C@H](C)NC(=O)[C@H](C)N(Cc1ccccc1)C(=O)CCSc1ccc(Cl)cc1. The zero-order valence-corrected chi connectivity index (χ0v) is 18.8. The number of nitrogens with zero attached hydrogens (tertiary/aromatic N) is 1. The molecule has 0 aliphatic carbocycles. The highest BCUT2D eigenvalue weighted by atomic mass is 35.5. The van der Waals surface area contributed by atoms with E-state index in [1.807, 2.05) is 68.4 Å². The maximum absolute atomic E-state index is 13.0. The van der Waals surface area contributed by atoms with Crippen LogP contribution in [0, 0.1) is 0 Å². The minimum absolute atomic E-state index is 0.0258. The third kappa shape index (κ3) is 7.75. The van der Waals surface area contributed by atoms with E-state index in [1.165, 1.54) is 0 Å². The van der Waals surface area contributed by atoms with Gasteiger partial charge in [-0.1, -0.05) is 48.9 Å². The minimum atomic E-state index is -0.530. The second-order valence-electron chi connectivity index (χ2n) is 7.05. The van der Waals surface area contributed by atoms with Crippen LogP contribution in [0.3, 0.4) is 0 Å². The fraction of sp³-hybridized carbons (Fsp3) is 0.391. The van der Waals surface area contributed by atoms with E-state index in [0.717, 1.165) is 16.9 Å². The number of amides is 2. The van der Waals surface area contributed by atoms with Crippen LogP contribution in [0.2, 0.25) is 5.02 Å². The van der Waals surface area contributed by atoms with Crippen molar-refractivity contribution < 1.29 is 9.59 Å². The summed E-state index contributed by atoms with van der Waals surface area (Å²) in [4.78, 5) is 28.4. The Hall–Kier alpha value is -1.98. The third-order valence-corrected chi connectivity index (χ3v) is 6.03. The molecule has 2 rings (SSSR count). The first-order chi connectivity index (χ1) is 13.9. The van der Waals surface area contributed by atoms with Gasteiger partial charge in [0.05, 0.1) is 0 Å². The number of benzene rings is 2. The molecule has 1 N–H and O–H groups in total. The highest BCUT2D eigenvalue weighted by Crippen LogP contribution is 2.22. The van der Waals surface area contributed by atoms with Crippen molar-refractivity contribution in [3.8, 4) is 0 Å². The van der Waals surface area contributed by atoms with Crippen molar-refractivity contribution in [2.75, 3.05) is 5.75 Å². The van der Waals surface area contributed by atoms with Crippen LogP contribution in [-0.4, -0.2) is 34.6 Å². The fourth-order valence-corrected chi connectivity index (χ4v) is 3.73. The van der Waals surface area contributed by atoms with Crippen LogP contribution in [0.1, 0.15) is 39.2 Å². The van der Waals surface area contributed by atoms with Gasteiger partial charge in [0.25, 0.3) is 0 Å². The van der Waals surface area contributed by atoms with Crippen molar-refractivity contribution in [1.29, 1.82) is 0 Å². The van der Waals surface area contributed by atoms with Crippen molar-refractivity contribution in [2.45, 2.75) is 57.1 Å². The second-order valence-corrected chi connectivity index (χ2v) is 8.66. The summed E-state index contributed by atoms with van der Waals surface area (Å²) in [5, 5.41) is 3.68. The van der Waals surface area contributed by atoms with Crippen LogP contribution in [0.25, 0.3) is 0 Å². The van der Waals surface area contributed by atoms with Gasteiger partial charge in [-0.05, 0) is 50.1 Å². The van der Waals surface area contributed by atoms with Gasteiger partial charge in [0.15, 0.2) is 0 Å². The first-order valence-electron chi connectivity index (χ1n) is 9.92. The molecule has 2 aromatic rings. The molecule has 4 nitrogen and oxygen atoms in total. The zero-order valence-electron chi connectivity index (χ0n) is 17.2. The molecule has 0 aromatic heterocycles. The molecule has 0 saturated carbocycles. The number of carbonyl (C=O) groups excluding carboxylic acids is 2. The highest BCUT2D eigenvalue weighted by molar-refractivity contribution is 7.99. The Balaban J connectivity index is 2.03. The van der Waals surface area contributed by atoms with Gasteiger partial charge in [-0.15, -0.1) is 11.8 Å². The predicted molar refractivity (Wildman–Crippen MR) is 121 cm³/mol. The summed E-state index contributed by atoms with van der Waals surface area (Å²) in [6.07, 6.45) is 1.21. The normalized spacial score (nSPS) is 12.8. The molecule has 0 radical (unpaired) electrons. The summed E-state index contributed by atoms with van der Waals surface area (Å²) in [5.41, 5.74) is 1.01. The molecule has 6 heteroatoms. The van der Waals surface area contributed by atoms with E-state index in [-0.39, 0.29) is 17.9 Å². The van der Waals surface area contributed by atoms with Gasteiger partial charge < -0.3 is 10.2 Å². The van der Waals surface area contributed by atoms with E-state index in [1.54, 1.807) is 23.6 Å². The topological polar surface area (TPSA) is 49.4 Å². The molecule has 0 aliphatic rings. The molecule has 0 unspecified atom stereocenters. The molecule has 0 fully saturated rings. The van der Waals surface area contributed by atoms with E-state index in [9.17, 15) is 9.59 Å². The lowest BCUT2D eigenvalue weighted by molar-refractivity contribution is -0.140. The van der Waals surface area contributed by atoms with Gasteiger partial charge in [-0.25, -0.2) is 0 Å². The maximum atomic E-state index is 13.0. The lowest BCUT2D eigenvalue weighted by Crippen LogP contribution is -2.49. The molecule has 29 heavy (non-hydrogen) atoms. The molecule has 2 amide bonds. The van der Waals surface area contributed by atoms with Crippen molar-refractivity contribution >= 4 is 35.2 Å². The fourth-order valence-electron chi connectivity index (χ4n) is 2.76. The van der Waals surface area contributed by atoms with E-state index < -0.39 is 6.04 Å². The summed E-state index contributed by atoms with van der Waals surface area (Å²) >= 11 is 7.53. The Labute approximate surface area is 183 Å². The van der Waals surface area contributed by atoms with Gasteiger partial charge in [-0.3, -0.25) is 9.59 Å². The Morgan fingerprint density at radius 3 is 2.34 bits per heavy atom. The third-order valence-electron chi connectivity index (χ3n) is 4.76. The van der Waals surface area contributed by atoms with Gasteiger partial charge in [0.2, 0.25) is 11.8 Å². The van der Waals surface area contributed by atoms with E-state index in [4.69, 9.17) is 11.6 Å². The Bertz CT molecular complexity index is 783. The quantitative estimate of drug-likeness (QED) is 0.528. The standard InChI is InChI=1S/C23H29ClN2O2S/c1-4-17(2)25-23(28)18(3)26(16-19-8-6-5-7-9-19)22(27)14-15-29-21-12-10-20(24)11-13-21/h5-13,17-18H,4,14-16H2,1-3H3,(H,25,28)/t17-,18-/m0/s1. The molecule has 2 atom stereocenters. The lowest BCUT2D eigenvalue weighted by atomic mass is 10.1. The minimum Gasteiger partial charge on any atom is -0.352 e. The van der Waals surface area contributed by atoms with Crippen molar-refractivity contribution in [3.63, 3.8) is 0 Å². The monoisotopic (exact) mass is 432 g/mol. The van der Waals surface area contributed by atoms with Crippen molar-refractivity contribution in [3.05, 3.63) is 65.2 Å². The number of nitrogens with one attached hydrogen (secondary N) is 1. The van der Waals surface area contributed by atoms with E-state index >= 15 is 0 Å². The van der Waals surface area contributed by atoms with Crippen LogP contribution in [0.4, 0.5) is 0 Å². The number of hydrogen-bond acceptors (Lipinski definition) is 3. The predicted octanol–water partition coefficient (Wildman–Crippen LogP) is 5.15. The molecule has 0 saturated heterocycles. The molecule has 0 heterocycles. The zero-order chi connectivity index (χ0) is 21.2. The van der Waals surface area contributed by atoms with Gasteiger partial charge in [0, 0.05) is 34.7 Å². The van der Waals surface area contributed by atoms with Crippen LogP contribution in [-0.2, 0) is 16.1 Å². The summed E-state index contributed by atoms with van der Waals surface area (Å²) < 4.78 is 0. The van der Waals surface area contributed by atoms with E-state index in [0.29, 0.717) is 23.7 Å². The number of carbonyl (C=O) groups is 2. The molecular weight excluding hydrogens is 404 g/mol. The summed E-state index contributed by atoms with van der Waals surface area (Å²) in [5.74, 6) is 0.502. The van der Waals surface area contributed by atoms with Crippen molar-refractivity contribution in [1.82, 2.24) is 10.2 Å². The average Bonchev–Trinajstić information content (AvgIpc) is 2.73. The molecule has 2 aromatic carbocycles. The number of halogens is 1. The average molecular weight is 433 g/mol. The van der Waals surface area contributed by atoms with Crippen LogP contribution in [0.5, 0.6) is 0 Å². The molecular formula is C23H29ClN2O2S. The first-order valence-corrected chi connectivity index (χ1v) is 11.3. The van der Waals surface area contributed by atoms with Gasteiger partial charge >= 0.3 is 0 Å². The Morgan fingerprint density at radius 1 is 1.07 bits per heavy atom. The molecule has 0 aliphatic heterocycles. The smallest absolute Gasteiger partial charge is 0.242 e. The van der Waals surface area contributed by atoms with E-state index in [2.05, 4.69) is 5.32 Å². The summed E-state index contributed by atoms with van der Waals surface area (Å²) in [6.45, 7) is 6.21. The Morgan fingerprint density at radius 2 is 1.72 bits per heavy atom. The van der Waals surface area contributed by atoms with Gasteiger partial charge in [-0.2, -0.15) is 0 Å². The first kappa shape index (κ1) is 23.3. The largest absolute Gasteiger partial charge is 0.352 e. The molecule has 0 bridgehead atoms.